The van der Waals surface area contributed by atoms with Gasteiger partial charge in [0.15, 0.2) is 0 Å². The lowest BCUT2D eigenvalue weighted by Crippen LogP contribution is -2.28. The predicted molar refractivity (Wildman–Crippen MR) is 63.5 cm³/mol. The maximum absolute atomic E-state index is 12.7. The topological polar surface area (TPSA) is 35.2 Å². The van der Waals surface area contributed by atoms with Crippen molar-refractivity contribution >= 4 is 10.8 Å². The van der Waals surface area contributed by atoms with E-state index in [0.29, 0.717) is 16.5 Å². The summed E-state index contributed by atoms with van der Waals surface area (Å²) in [4.78, 5) is 0. The van der Waals surface area contributed by atoms with Gasteiger partial charge in [-0.05, 0) is 28.5 Å². The van der Waals surface area contributed by atoms with E-state index in [2.05, 4.69) is 0 Å². The average Bonchev–Trinajstić information content (AvgIpc) is 2.35. The van der Waals surface area contributed by atoms with Gasteiger partial charge >= 0.3 is 6.18 Å². The minimum Gasteiger partial charge on any atom is -0.497 e. The normalized spacial score (nSPS) is 13.6. The van der Waals surface area contributed by atoms with E-state index < -0.39 is 12.2 Å². The lowest BCUT2D eigenvalue weighted by molar-refractivity contribution is -0.148. The molecule has 2 rings (SSSR count). The molecule has 0 saturated heterocycles. The number of hydrogen-bond donors (Lipinski definition) is 1. The Balaban J connectivity index is 2.63. The number of ether oxygens (including phenoxy) is 1. The number of methoxy groups -OCH3 is 1. The van der Waals surface area contributed by atoms with E-state index >= 15 is 0 Å². The molecule has 2 aromatic carbocycles. The third kappa shape index (κ3) is 2.26. The molecular formula is C13H12F3NO. The summed E-state index contributed by atoms with van der Waals surface area (Å²) in [6.07, 6.45) is -4.46. The van der Waals surface area contributed by atoms with Gasteiger partial charge in [0.2, 0.25) is 0 Å². The van der Waals surface area contributed by atoms with Gasteiger partial charge in [-0.25, -0.2) is 0 Å². The van der Waals surface area contributed by atoms with Crippen molar-refractivity contribution < 1.29 is 17.9 Å². The van der Waals surface area contributed by atoms with Crippen LogP contribution in [-0.4, -0.2) is 13.3 Å². The summed E-state index contributed by atoms with van der Waals surface area (Å²) >= 11 is 0. The third-order valence-electron chi connectivity index (χ3n) is 2.81. The number of nitrogens with two attached hydrogens (primary N) is 1. The van der Waals surface area contributed by atoms with E-state index in [-0.39, 0.29) is 5.56 Å². The first-order valence-corrected chi connectivity index (χ1v) is 5.32. The highest BCUT2D eigenvalue weighted by Crippen LogP contribution is 2.35. The molecule has 2 N–H and O–H groups in total. The molecule has 96 valence electrons. The number of alkyl halides is 3. The molecule has 0 aromatic heterocycles. The van der Waals surface area contributed by atoms with Gasteiger partial charge in [-0.15, -0.1) is 0 Å². The van der Waals surface area contributed by atoms with Gasteiger partial charge in [0.25, 0.3) is 0 Å². The molecule has 1 atom stereocenters. The molecule has 18 heavy (non-hydrogen) atoms. The molecule has 0 amide bonds. The largest absolute Gasteiger partial charge is 0.497 e. The molecule has 0 fully saturated rings. The first-order valence-electron chi connectivity index (χ1n) is 5.32. The zero-order chi connectivity index (χ0) is 13.3. The van der Waals surface area contributed by atoms with Gasteiger partial charge in [0.05, 0.1) is 7.11 Å². The highest BCUT2D eigenvalue weighted by molar-refractivity contribution is 5.87. The number of fused-ring (bicyclic) bond motifs is 1. The van der Waals surface area contributed by atoms with Crippen molar-refractivity contribution in [3.05, 3.63) is 42.0 Å². The number of rotatable bonds is 2. The van der Waals surface area contributed by atoms with Gasteiger partial charge < -0.3 is 10.5 Å². The fraction of sp³-hybridized carbons (Fsp3) is 0.231. The van der Waals surface area contributed by atoms with Crippen LogP contribution in [0, 0.1) is 0 Å². The van der Waals surface area contributed by atoms with Crippen LogP contribution < -0.4 is 10.5 Å². The summed E-state index contributed by atoms with van der Waals surface area (Å²) in [7, 11) is 1.47. The smallest absolute Gasteiger partial charge is 0.407 e. The van der Waals surface area contributed by atoms with Gasteiger partial charge in [0, 0.05) is 0 Å². The summed E-state index contributed by atoms with van der Waals surface area (Å²) in [5.74, 6) is 0.504. The number of benzene rings is 2. The average molecular weight is 255 g/mol. The van der Waals surface area contributed by atoms with Crippen molar-refractivity contribution in [3.63, 3.8) is 0 Å². The fourth-order valence-corrected chi connectivity index (χ4v) is 1.85. The van der Waals surface area contributed by atoms with Crippen molar-refractivity contribution in [2.24, 2.45) is 5.73 Å². The lowest BCUT2D eigenvalue weighted by Gasteiger charge is -2.18. The van der Waals surface area contributed by atoms with Crippen LogP contribution in [-0.2, 0) is 0 Å². The van der Waals surface area contributed by atoms with E-state index in [9.17, 15) is 13.2 Å². The lowest BCUT2D eigenvalue weighted by atomic mass is 9.98. The summed E-state index contributed by atoms with van der Waals surface area (Å²) in [5, 5.41) is 1.16. The second-order valence-corrected chi connectivity index (χ2v) is 3.95. The van der Waals surface area contributed by atoms with E-state index in [4.69, 9.17) is 10.5 Å². The molecule has 2 nitrogen and oxygen atoms in total. The zero-order valence-corrected chi connectivity index (χ0v) is 9.66. The summed E-state index contributed by atoms with van der Waals surface area (Å²) < 4.78 is 43.1. The molecular weight excluding hydrogens is 243 g/mol. The molecule has 0 bridgehead atoms. The molecule has 0 spiro atoms. The molecule has 2 aromatic rings. The first-order chi connectivity index (χ1) is 8.43. The maximum atomic E-state index is 12.7. The molecule has 0 heterocycles. The Kier molecular flexibility index (Phi) is 3.17. The molecule has 0 aliphatic rings. The molecule has 0 aliphatic carbocycles. The van der Waals surface area contributed by atoms with Crippen LogP contribution in [0.5, 0.6) is 5.75 Å². The van der Waals surface area contributed by atoms with Crippen molar-refractivity contribution in [1.29, 1.82) is 0 Å². The quantitative estimate of drug-likeness (QED) is 0.892. The Morgan fingerprint density at radius 3 is 2.50 bits per heavy atom. The van der Waals surface area contributed by atoms with Crippen molar-refractivity contribution in [2.45, 2.75) is 12.2 Å². The molecule has 5 heteroatoms. The van der Waals surface area contributed by atoms with Crippen molar-refractivity contribution in [1.82, 2.24) is 0 Å². The number of hydrogen-bond acceptors (Lipinski definition) is 2. The van der Waals surface area contributed by atoms with Gasteiger partial charge in [-0.2, -0.15) is 13.2 Å². The predicted octanol–water partition coefficient (Wildman–Crippen LogP) is 3.41. The van der Waals surface area contributed by atoms with Gasteiger partial charge in [-0.3, -0.25) is 0 Å². The SMILES string of the molecule is COc1ccc2cccc([C@H](N)C(F)(F)F)c2c1. The van der Waals surface area contributed by atoms with E-state index in [1.165, 1.54) is 13.2 Å². The van der Waals surface area contributed by atoms with Crippen molar-refractivity contribution in [3.8, 4) is 5.75 Å². The standard InChI is InChI=1S/C13H12F3NO/c1-18-9-6-5-8-3-2-4-10(11(8)7-9)12(17)13(14,15)16/h2-7,12H,17H2,1H3/t12-/m0/s1. The molecule has 0 saturated carbocycles. The second-order valence-electron chi connectivity index (χ2n) is 3.95. The van der Waals surface area contributed by atoms with Crippen LogP contribution >= 0.6 is 0 Å². The molecule has 0 aliphatic heterocycles. The van der Waals surface area contributed by atoms with Crippen LogP contribution in [0.25, 0.3) is 10.8 Å². The van der Waals surface area contributed by atoms with E-state index in [0.717, 1.165) is 0 Å². The maximum Gasteiger partial charge on any atom is 0.407 e. The molecule has 0 radical (unpaired) electrons. The van der Waals surface area contributed by atoms with Crippen LogP contribution in [0.3, 0.4) is 0 Å². The Labute approximate surface area is 102 Å². The van der Waals surface area contributed by atoms with E-state index in [1.807, 2.05) is 0 Å². The van der Waals surface area contributed by atoms with E-state index in [1.54, 1.807) is 30.3 Å². The fourth-order valence-electron chi connectivity index (χ4n) is 1.85. The van der Waals surface area contributed by atoms with Crippen LogP contribution in [0.1, 0.15) is 11.6 Å². The summed E-state index contributed by atoms with van der Waals surface area (Å²) in [5.41, 5.74) is 5.32. The van der Waals surface area contributed by atoms with Crippen LogP contribution in [0.4, 0.5) is 13.2 Å². The monoisotopic (exact) mass is 255 g/mol. The highest BCUT2D eigenvalue weighted by Gasteiger charge is 2.38. The molecule has 0 unspecified atom stereocenters. The van der Waals surface area contributed by atoms with Crippen LogP contribution in [0.15, 0.2) is 36.4 Å². The summed E-state index contributed by atoms with van der Waals surface area (Å²) in [6.45, 7) is 0. The zero-order valence-electron chi connectivity index (χ0n) is 9.66. The second kappa shape index (κ2) is 4.49. The minimum absolute atomic E-state index is 0.0545. The first kappa shape index (κ1) is 12.7. The number of halogens is 3. The Morgan fingerprint density at radius 1 is 1.17 bits per heavy atom. The third-order valence-corrected chi connectivity index (χ3v) is 2.81. The van der Waals surface area contributed by atoms with Gasteiger partial charge in [0.1, 0.15) is 11.8 Å². The Hall–Kier alpha value is -1.75. The van der Waals surface area contributed by atoms with Crippen molar-refractivity contribution in [2.75, 3.05) is 7.11 Å². The van der Waals surface area contributed by atoms with Crippen LogP contribution in [0.2, 0.25) is 0 Å². The van der Waals surface area contributed by atoms with Gasteiger partial charge in [-0.1, -0.05) is 24.3 Å². The Morgan fingerprint density at radius 2 is 1.89 bits per heavy atom. The summed E-state index contributed by atoms with van der Waals surface area (Å²) in [6, 6.07) is 7.67. The highest BCUT2D eigenvalue weighted by atomic mass is 19.4. The Bertz CT molecular complexity index is 566. The minimum atomic E-state index is -4.46.